The number of nitrogens with one attached hydrogen (secondary N) is 2. The predicted molar refractivity (Wildman–Crippen MR) is 95.3 cm³/mol. The molecular formula is C18H21FN6O. The Morgan fingerprint density at radius 2 is 2.12 bits per heavy atom. The fraction of sp³-hybridized carbons (Fsp3) is 0.389. The molecule has 8 heteroatoms. The number of nitrogens with two attached hydrogens (primary N) is 1. The summed E-state index contributed by atoms with van der Waals surface area (Å²) >= 11 is 0. The first-order valence-electron chi connectivity index (χ1n) is 8.50. The zero-order valence-corrected chi connectivity index (χ0v) is 14.4. The van der Waals surface area contributed by atoms with Crippen LogP contribution < -0.4 is 16.4 Å². The number of nitriles is 1. The molecule has 26 heavy (non-hydrogen) atoms. The molecule has 0 radical (unpaired) electrons. The second kappa shape index (κ2) is 7.54. The van der Waals surface area contributed by atoms with Crippen LogP contribution in [0.5, 0.6) is 0 Å². The molecular weight excluding hydrogens is 335 g/mol. The second-order valence-corrected chi connectivity index (χ2v) is 6.47. The number of carbonyl (C=O) groups is 1. The van der Waals surface area contributed by atoms with Crippen LogP contribution >= 0.6 is 0 Å². The molecule has 136 valence electrons. The number of aromatic nitrogens is 2. The van der Waals surface area contributed by atoms with Crippen molar-refractivity contribution in [2.45, 2.75) is 31.3 Å². The highest BCUT2D eigenvalue weighted by molar-refractivity contribution is 5.98. The highest BCUT2D eigenvalue weighted by Gasteiger charge is 2.32. The van der Waals surface area contributed by atoms with Crippen LogP contribution in [-0.4, -0.2) is 28.8 Å². The quantitative estimate of drug-likeness (QED) is 0.762. The Balaban J connectivity index is 1.92. The van der Waals surface area contributed by atoms with E-state index in [0.29, 0.717) is 17.5 Å². The van der Waals surface area contributed by atoms with Gasteiger partial charge in [-0.1, -0.05) is 0 Å². The van der Waals surface area contributed by atoms with E-state index < -0.39 is 5.91 Å². The predicted octanol–water partition coefficient (Wildman–Crippen LogP) is 2.32. The second-order valence-electron chi connectivity index (χ2n) is 6.47. The molecule has 1 aromatic heterocycles. The van der Waals surface area contributed by atoms with Crippen LogP contribution in [0.4, 0.5) is 15.9 Å². The van der Waals surface area contributed by atoms with E-state index in [1.54, 1.807) is 23.0 Å². The van der Waals surface area contributed by atoms with Crippen molar-refractivity contribution in [2.75, 3.05) is 12.4 Å². The van der Waals surface area contributed by atoms with Gasteiger partial charge in [0.2, 0.25) is 0 Å². The van der Waals surface area contributed by atoms with E-state index in [4.69, 9.17) is 5.73 Å². The molecule has 7 nitrogen and oxygen atoms in total. The fourth-order valence-electron chi connectivity index (χ4n) is 3.36. The molecule has 1 aliphatic rings. The highest BCUT2D eigenvalue weighted by atomic mass is 19.1. The first kappa shape index (κ1) is 17.9. The van der Waals surface area contributed by atoms with E-state index in [1.807, 2.05) is 7.05 Å². The number of benzene rings is 1. The average Bonchev–Trinajstić information content (AvgIpc) is 3.07. The molecule has 1 heterocycles. The maximum atomic E-state index is 13.1. The van der Waals surface area contributed by atoms with Gasteiger partial charge in [-0.05, 0) is 50.6 Å². The Morgan fingerprint density at radius 1 is 1.38 bits per heavy atom. The third kappa shape index (κ3) is 3.68. The summed E-state index contributed by atoms with van der Waals surface area (Å²) in [6, 6.07) is 8.22. The van der Waals surface area contributed by atoms with Gasteiger partial charge >= 0.3 is 0 Å². The average molecular weight is 356 g/mol. The van der Waals surface area contributed by atoms with Crippen molar-refractivity contribution in [1.29, 1.82) is 5.26 Å². The topological polar surface area (TPSA) is 109 Å². The minimum atomic E-state index is -0.615. The summed E-state index contributed by atoms with van der Waals surface area (Å²) in [5.41, 5.74) is 6.31. The number of anilines is 2. The molecule has 0 spiro atoms. The molecule has 0 bridgehead atoms. The Labute approximate surface area is 151 Å². The summed E-state index contributed by atoms with van der Waals surface area (Å²) in [7, 11) is 1.90. The maximum absolute atomic E-state index is 13.1. The summed E-state index contributed by atoms with van der Waals surface area (Å²) in [5, 5.41) is 20.2. The largest absolute Gasteiger partial charge is 0.365 e. The molecule has 4 N–H and O–H groups in total. The lowest BCUT2D eigenvalue weighted by Gasteiger charge is -2.32. The lowest BCUT2D eigenvalue weighted by Crippen LogP contribution is -2.36. The number of primary amides is 1. The molecule has 3 atom stereocenters. The summed E-state index contributed by atoms with van der Waals surface area (Å²) in [6.07, 6.45) is 4.01. The molecule has 1 unspecified atom stereocenters. The zero-order valence-electron chi connectivity index (χ0n) is 14.4. The van der Waals surface area contributed by atoms with Crippen LogP contribution in [0.3, 0.4) is 0 Å². The summed E-state index contributed by atoms with van der Waals surface area (Å²) in [6.45, 7) is 0. The molecule has 2 aromatic rings. The Kier molecular flexibility index (Phi) is 5.19. The lowest BCUT2D eigenvalue weighted by molar-refractivity contribution is 0.100. The Bertz CT molecular complexity index is 825. The van der Waals surface area contributed by atoms with Gasteiger partial charge in [0, 0.05) is 17.9 Å². The number of halogens is 1. The van der Waals surface area contributed by atoms with Crippen LogP contribution in [0.25, 0.3) is 0 Å². The van der Waals surface area contributed by atoms with Gasteiger partial charge < -0.3 is 16.4 Å². The summed E-state index contributed by atoms with van der Waals surface area (Å²) in [5.74, 6) is -0.852. The first-order chi connectivity index (χ1) is 12.5. The molecule has 0 saturated heterocycles. The van der Waals surface area contributed by atoms with E-state index in [9.17, 15) is 14.4 Å². The number of nitrogens with zero attached hydrogens (tertiary/aromatic N) is 3. The number of amides is 1. The molecule has 1 amide bonds. The van der Waals surface area contributed by atoms with E-state index in [-0.39, 0.29) is 23.3 Å². The minimum absolute atomic E-state index is 0.145. The third-order valence-electron chi connectivity index (χ3n) is 4.83. The van der Waals surface area contributed by atoms with Crippen molar-refractivity contribution in [3.05, 3.63) is 41.8 Å². The van der Waals surface area contributed by atoms with Crippen LogP contribution in [0.2, 0.25) is 0 Å². The first-order valence-corrected chi connectivity index (χ1v) is 8.50. The SMILES string of the molecule is CN[C@H]1CC[C@H](C#N)C(n2cc(C(N)=O)c(Nc3ccc(F)cc3)n2)C1. The Morgan fingerprint density at radius 3 is 2.73 bits per heavy atom. The number of hydrogen-bond acceptors (Lipinski definition) is 5. The van der Waals surface area contributed by atoms with E-state index in [2.05, 4.69) is 21.8 Å². The standard InChI is InChI=1S/C18H21FN6O/c1-22-14-5-2-11(9-20)16(8-14)25-10-15(17(21)26)18(24-25)23-13-6-3-12(19)4-7-13/h3-4,6-7,10-11,14,16,22H,2,5,8H2,1H3,(H2,21,26)(H,23,24)/t11-,14+,16?/m1/s1. The normalized spacial score (nSPS) is 22.6. The van der Waals surface area contributed by atoms with Gasteiger partial charge in [-0.15, -0.1) is 0 Å². The van der Waals surface area contributed by atoms with Crippen molar-refractivity contribution < 1.29 is 9.18 Å². The monoisotopic (exact) mass is 356 g/mol. The molecule has 1 saturated carbocycles. The fourth-order valence-corrected chi connectivity index (χ4v) is 3.36. The van der Waals surface area contributed by atoms with Crippen molar-refractivity contribution >= 4 is 17.4 Å². The van der Waals surface area contributed by atoms with Crippen molar-refractivity contribution in [1.82, 2.24) is 15.1 Å². The molecule has 1 fully saturated rings. The van der Waals surface area contributed by atoms with Gasteiger partial charge in [0.15, 0.2) is 5.82 Å². The summed E-state index contributed by atoms with van der Waals surface area (Å²) < 4.78 is 14.7. The zero-order chi connectivity index (χ0) is 18.7. The van der Waals surface area contributed by atoms with Gasteiger partial charge in [0.05, 0.1) is 18.0 Å². The van der Waals surface area contributed by atoms with Crippen molar-refractivity contribution in [3.8, 4) is 6.07 Å². The van der Waals surface area contributed by atoms with Crippen LogP contribution in [0, 0.1) is 23.1 Å². The Hall–Kier alpha value is -2.92. The molecule has 1 aromatic carbocycles. The number of rotatable bonds is 5. The van der Waals surface area contributed by atoms with E-state index in [1.165, 1.54) is 12.1 Å². The lowest BCUT2D eigenvalue weighted by atomic mass is 9.82. The van der Waals surface area contributed by atoms with E-state index >= 15 is 0 Å². The van der Waals surface area contributed by atoms with Gasteiger partial charge in [0.1, 0.15) is 11.4 Å². The van der Waals surface area contributed by atoms with Crippen LogP contribution in [0.15, 0.2) is 30.5 Å². The highest BCUT2D eigenvalue weighted by Crippen LogP contribution is 2.34. The maximum Gasteiger partial charge on any atom is 0.254 e. The summed E-state index contributed by atoms with van der Waals surface area (Å²) in [4.78, 5) is 11.8. The molecule has 1 aliphatic carbocycles. The van der Waals surface area contributed by atoms with E-state index in [0.717, 1.165) is 19.3 Å². The van der Waals surface area contributed by atoms with Gasteiger partial charge in [-0.2, -0.15) is 10.4 Å². The van der Waals surface area contributed by atoms with Crippen LogP contribution in [0.1, 0.15) is 35.7 Å². The minimum Gasteiger partial charge on any atom is -0.365 e. The molecule has 0 aliphatic heterocycles. The van der Waals surface area contributed by atoms with Gasteiger partial charge in [-0.25, -0.2) is 4.39 Å². The van der Waals surface area contributed by atoms with Crippen LogP contribution in [-0.2, 0) is 0 Å². The molecule has 3 rings (SSSR count). The van der Waals surface area contributed by atoms with Gasteiger partial charge in [-0.3, -0.25) is 9.48 Å². The van der Waals surface area contributed by atoms with Gasteiger partial charge in [0.25, 0.3) is 5.91 Å². The number of carbonyl (C=O) groups excluding carboxylic acids is 1. The smallest absolute Gasteiger partial charge is 0.254 e. The third-order valence-corrected chi connectivity index (χ3v) is 4.83. The van der Waals surface area contributed by atoms with Crippen molar-refractivity contribution in [2.24, 2.45) is 11.7 Å². The van der Waals surface area contributed by atoms with Crippen molar-refractivity contribution in [3.63, 3.8) is 0 Å². The number of hydrogen-bond donors (Lipinski definition) is 3.